The predicted molar refractivity (Wildman–Crippen MR) is 74.5 cm³/mol. The first kappa shape index (κ1) is 15.2. The summed E-state index contributed by atoms with van der Waals surface area (Å²) >= 11 is 0. The Kier molecular flexibility index (Phi) is 6.98. The molecule has 4 heteroatoms. The van der Waals surface area contributed by atoms with Crippen LogP contribution in [0.5, 0.6) is 0 Å². The molecule has 104 valence electrons. The second-order valence-corrected chi connectivity index (χ2v) is 4.97. The summed E-state index contributed by atoms with van der Waals surface area (Å²) in [5, 5.41) is 3.57. The first-order chi connectivity index (χ1) is 8.69. The summed E-state index contributed by atoms with van der Waals surface area (Å²) in [6.45, 7) is 12.1. The van der Waals surface area contributed by atoms with Crippen molar-refractivity contribution >= 4 is 0 Å². The van der Waals surface area contributed by atoms with Gasteiger partial charge in [-0.25, -0.2) is 4.98 Å². The number of rotatable bonds is 9. The lowest BCUT2D eigenvalue weighted by Gasteiger charge is -2.22. The lowest BCUT2D eigenvalue weighted by atomic mass is 10.1. The summed E-state index contributed by atoms with van der Waals surface area (Å²) in [5.74, 6) is 0.569. The van der Waals surface area contributed by atoms with E-state index in [-0.39, 0.29) is 0 Å². The van der Waals surface area contributed by atoms with Crippen molar-refractivity contribution in [2.75, 3.05) is 13.2 Å². The van der Waals surface area contributed by atoms with Gasteiger partial charge in [0.2, 0.25) is 0 Å². The van der Waals surface area contributed by atoms with Crippen LogP contribution in [0, 0.1) is 5.92 Å². The highest BCUT2D eigenvalue weighted by molar-refractivity contribution is 4.98. The van der Waals surface area contributed by atoms with Crippen molar-refractivity contribution in [3.63, 3.8) is 0 Å². The molecular weight excluding hydrogens is 226 g/mol. The van der Waals surface area contributed by atoms with Crippen LogP contribution in [0.3, 0.4) is 0 Å². The number of hydrogen-bond acceptors (Lipinski definition) is 3. The van der Waals surface area contributed by atoms with Crippen LogP contribution in [0.2, 0.25) is 0 Å². The third-order valence-electron chi connectivity index (χ3n) is 3.11. The lowest BCUT2D eigenvalue weighted by molar-refractivity contribution is 0.107. The third kappa shape index (κ3) is 4.78. The molecule has 1 aromatic heterocycles. The molecule has 4 nitrogen and oxygen atoms in total. The van der Waals surface area contributed by atoms with Crippen molar-refractivity contribution in [3.05, 3.63) is 18.2 Å². The van der Waals surface area contributed by atoms with Crippen LogP contribution in [-0.4, -0.2) is 28.8 Å². The van der Waals surface area contributed by atoms with Crippen molar-refractivity contribution in [1.29, 1.82) is 0 Å². The molecule has 0 amide bonds. The van der Waals surface area contributed by atoms with Gasteiger partial charge in [-0.2, -0.15) is 0 Å². The average Bonchev–Trinajstić information content (AvgIpc) is 2.77. The van der Waals surface area contributed by atoms with Crippen LogP contribution in [0.1, 0.15) is 39.8 Å². The number of aromatic nitrogens is 2. The minimum Gasteiger partial charge on any atom is -0.380 e. The molecule has 18 heavy (non-hydrogen) atoms. The standard InChI is InChI=1S/C14H27N3O/c1-5-7-17-11-15-8-13(17)9-16-14(12(3)4)10-18-6-2/h8,11-12,14,16H,5-7,9-10H2,1-4H3. The maximum atomic E-state index is 5.52. The quantitative estimate of drug-likeness (QED) is 0.734. The second kappa shape index (κ2) is 8.27. The second-order valence-electron chi connectivity index (χ2n) is 4.97. The topological polar surface area (TPSA) is 39.1 Å². The molecule has 0 bridgehead atoms. The van der Waals surface area contributed by atoms with E-state index in [0.717, 1.165) is 32.7 Å². The molecule has 0 aliphatic carbocycles. The molecule has 0 aromatic carbocycles. The van der Waals surface area contributed by atoms with Crippen molar-refractivity contribution in [1.82, 2.24) is 14.9 Å². The van der Waals surface area contributed by atoms with Crippen molar-refractivity contribution < 1.29 is 4.74 Å². The maximum Gasteiger partial charge on any atom is 0.0948 e. The molecule has 0 radical (unpaired) electrons. The maximum absolute atomic E-state index is 5.52. The summed E-state index contributed by atoms with van der Waals surface area (Å²) in [7, 11) is 0. The smallest absolute Gasteiger partial charge is 0.0948 e. The van der Waals surface area contributed by atoms with Crippen molar-refractivity contribution in [2.45, 2.75) is 53.2 Å². The van der Waals surface area contributed by atoms with Crippen LogP contribution in [0.15, 0.2) is 12.5 Å². The van der Waals surface area contributed by atoms with Crippen molar-refractivity contribution in [3.8, 4) is 0 Å². The molecule has 1 unspecified atom stereocenters. The number of aryl methyl sites for hydroxylation is 1. The predicted octanol–water partition coefficient (Wildman–Crippen LogP) is 2.44. The molecule has 0 spiro atoms. The molecule has 1 heterocycles. The van der Waals surface area contributed by atoms with Gasteiger partial charge in [-0.3, -0.25) is 0 Å². The molecule has 1 atom stereocenters. The minimum atomic E-state index is 0.398. The van der Waals surface area contributed by atoms with Gasteiger partial charge in [0.25, 0.3) is 0 Å². The summed E-state index contributed by atoms with van der Waals surface area (Å²) in [5.41, 5.74) is 1.25. The van der Waals surface area contributed by atoms with Crippen LogP contribution >= 0.6 is 0 Å². The molecule has 0 fully saturated rings. The summed E-state index contributed by atoms with van der Waals surface area (Å²) in [4.78, 5) is 4.22. The largest absolute Gasteiger partial charge is 0.380 e. The van der Waals surface area contributed by atoms with E-state index < -0.39 is 0 Å². The SMILES string of the molecule is CCCn1cncc1CNC(COCC)C(C)C. The molecule has 0 aliphatic rings. The molecule has 0 saturated carbocycles. The van der Waals surface area contributed by atoms with E-state index >= 15 is 0 Å². The fourth-order valence-electron chi connectivity index (χ4n) is 1.91. The van der Waals surface area contributed by atoms with E-state index in [4.69, 9.17) is 4.74 Å². The Bertz CT molecular complexity index is 323. The molecule has 0 aliphatic heterocycles. The van der Waals surface area contributed by atoms with E-state index in [9.17, 15) is 0 Å². The number of hydrogen-bond donors (Lipinski definition) is 1. The minimum absolute atomic E-state index is 0.398. The summed E-state index contributed by atoms with van der Waals surface area (Å²) in [6, 6.07) is 0.398. The van der Waals surface area contributed by atoms with Gasteiger partial charge in [-0.1, -0.05) is 20.8 Å². The Labute approximate surface area is 111 Å². The normalized spacial score (nSPS) is 13.2. The van der Waals surface area contributed by atoms with Gasteiger partial charge in [-0.05, 0) is 19.3 Å². The lowest BCUT2D eigenvalue weighted by Crippen LogP contribution is -2.38. The zero-order chi connectivity index (χ0) is 13.4. The van der Waals surface area contributed by atoms with E-state index in [0.29, 0.717) is 12.0 Å². The van der Waals surface area contributed by atoms with Gasteiger partial charge in [-0.15, -0.1) is 0 Å². The molecule has 1 rings (SSSR count). The van der Waals surface area contributed by atoms with E-state index in [1.807, 2.05) is 19.4 Å². The average molecular weight is 253 g/mol. The number of nitrogens with one attached hydrogen (secondary N) is 1. The van der Waals surface area contributed by atoms with E-state index in [1.54, 1.807) is 0 Å². The first-order valence-electron chi connectivity index (χ1n) is 6.99. The third-order valence-corrected chi connectivity index (χ3v) is 3.11. The number of nitrogens with zero attached hydrogens (tertiary/aromatic N) is 2. The molecular formula is C14H27N3O. The zero-order valence-corrected chi connectivity index (χ0v) is 12.1. The van der Waals surface area contributed by atoms with Crippen LogP contribution in [0.25, 0.3) is 0 Å². The highest BCUT2D eigenvalue weighted by atomic mass is 16.5. The zero-order valence-electron chi connectivity index (χ0n) is 12.1. The van der Waals surface area contributed by atoms with Gasteiger partial charge in [0.1, 0.15) is 0 Å². The Balaban J connectivity index is 2.47. The van der Waals surface area contributed by atoms with Gasteiger partial charge in [0, 0.05) is 31.9 Å². The fourth-order valence-corrected chi connectivity index (χ4v) is 1.91. The molecule has 1 aromatic rings. The number of imidazole rings is 1. The Morgan fingerprint density at radius 1 is 1.39 bits per heavy atom. The molecule has 0 saturated heterocycles. The van der Waals surface area contributed by atoms with Gasteiger partial charge >= 0.3 is 0 Å². The Hall–Kier alpha value is -0.870. The summed E-state index contributed by atoms with van der Waals surface area (Å²) in [6.07, 6.45) is 4.99. The van der Waals surface area contributed by atoms with Crippen molar-refractivity contribution in [2.24, 2.45) is 5.92 Å². The Morgan fingerprint density at radius 2 is 2.17 bits per heavy atom. The summed E-state index contributed by atoms with van der Waals surface area (Å²) < 4.78 is 7.73. The van der Waals surface area contributed by atoms with E-state index in [2.05, 4.69) is 35.6 Å². The monoisotopic (exact) mass is 253 g/mol. The Morgan fingerprint density at radius 3 is 2.78 bits per heavy atom. The highest BCUT2D eigenvalue weighted by Crippen LogP contribution is 2.06. The van der Waals surface area contributed by atoms with Crippen LogP contribution in [0.4, 0.5) is 0 Å². The number of ether oxygens (including phenoxy) is 1. The highest BCUT2D eigenvalue weighted by Gasteiger charge is 2.13. The van der Waals surface area contributed by atoms with Gasteiger partial charge in [0.05, 0.1) is 18.6 Å². The van der Waals surface area contributed by atoms with Crippen LogP contribution in [-0.2, 0) is 17.8 Å². The van der Waals surface area contributed by atoms with Crippen LogP contribution < -0.4 is 5.32 Å². The van der Waals surface area contributed by atoms with E-state index in [1.165, 1.54) is 5.69 Å². The molecule has 1 N–H and O–H groups in total. The fraction of sp³-hybridized carbons (Fsp3) is 0.786. The van der Waals surface area contributed by atoms with Gasteiger partial charge < -0.3 is 14.6 Å². The van der Waals surface area contributed by atoms with Gasteiger partial charge in [0.15, 0.2) is 0 Å². The first-order valence-corrected chi connectivity index (χ1v) is 6.99.